The van der Waals surface area contributed by atoms with Gasteiger partial charge in [0, 0.05) is 35.1 Å². The van der Waals surface area contributed by atoms with Gasteiger partial charge in [-0.2, -0.15) is 9.36 Å². The van der Waals surface area contributed by atoms with Gasteiger partial charge in [-0.1, -0.05) is 94.9 Å². The second kappa shape index (κ2) is 17.3. The molecule has 332 valence electrons. The van der Waals surface area contributed by atoms with Gasteiger partial charge in [-0.3, -0.25) is 29.1 Å². The zero-order valence-corrected chi connectivity index (χ0v) is 36.3. The first-order valence-electron chi connectivity index (χ1n) is 19.3. The van der Waals surface area contributed by atoms with Gasteiger partial charge in [0.15, 0.2) is 11.5 Å². The number of fused-ring (bicyclic) bond motifs is 2. The van der Waals surface area contributed by atoms with E-state index < -0.39 is 34.1 Å². The fourth-order valence-corrected chi connectivity index (χ4v) is 8.52. The maximum Gasteiger partial charge on any atom is 0.349 e. The number of halogens is 4. The fraction of sp³-hybridized carbons (Fsp3) is 0.0952. The van der Waals surface area contributed by atoms with Crippen LogP contribution in [0.25, 0.3) is 11.4 Å². The Bertz CT molecular complexity index is 3380. The minimum Gasteiger partial charge on any atom is -0.434 e. The molecule has 4 aromatic carbocycles. The van der Waals surface area contributed by atoms with Crippen LogP contribution < -0.4 is 54.6 Å². The molecule has 8 aromatic rings. The first kappa shape index (κ1) is 43.5. The van der Waals surface area contributed by atoms with Gasteiger partial charge < -0.3 is 20.9 Å². The molecule has 20 nitrogen and oxygen atoms in total. The summed E-state index contributed by atoms with van der Waals surface area (Å²) >= 11 is 25.4. The summed E-state index contributed by atoms with van der Waals surface area (Å²) in [4.78, 5) is 75.9. The Morgan fingerprint density at radius 1 is 0.515 bits per heavy atom. The molecule has 0 saturated carbocycles. The van der Waals surface area contributed by atoms with E-state index in [-0.39, 0.29) is 77.7 Å². The lowest BCUT2D eigenvalue weighted by Crippen LogP contribution is -2.33. The molecule has 66 heavy (non-hydrogen) atoms. The molecule has 0 fully saturated rings. The topological polar surface area (TPSA) is 297 Å². The lowest BCUT2D eigenvalue weighted by molar-refractivity contribution is 0.451. The smallest absolute Gasteiger partial charge is 0.349 e. The third-order valence-electron chi connectivity index (χ3n) is 10.7. The molecular weight excluding hydrogens is 942 g/mol. The number of rotatable bonds is 8. The van der Waals surface area contributed by atoms with Crippen molar-refractivity contribution in [1.29, 1.82) is 0 Å². The number of nitrogens with zero attached hydrogens (tertiary/aromatic N) is 6. The van der Waals surface area contributed by atoms with Crippen molar-refractivity contribution in [3.63, 3.8) is 0 Å². The van der Waals surface area contributed by atoms with Crippen LogP contribution >= 0.6 is 46.4 Å². The van der Waals surface area contributed by atoms with E-state index in [1.807, 2.05) is 58.5 Å². The molecule has 8 N–H and O–H groups in total. The zero-order chi connectivity index (χ0) is 46.6. The van der Waals surface area contributed by atoms with Crippen molar-refractivity contribution in [1.82, 2.24) is 49.9 Å². The Kier molecular flexibility index (Phi) is 11.4. The van der Waals surface area contributed by atoms with E-state index >= 15 is 0 Å². The molecular formula is C42H28Cl4N12O8. The van der Waals surface area contributed by atoms with Crippen molar-refractivity contribution in [2.45, 2.75) is 24.7 Å². The van der Waals surface area contributed by atoms with Gasteiger partial charge in [-0.15, -0.1) is 20.4 Å². The molecule has 2 aliphatic carbocycles. The van der Waals surface area contributed by atoms with Crippen molar-refractivity contribution in [2.75, 3.05) is 11.5 Å². The number of anilines is 2. The van der Waals surface area contributed by atoms with E-state index in [1.165, 1.54) is 35.4 Å². The van der Waals surface area contributed by atoms with E-state index in [0.29, 0.717) is 11.1 Å². The highest BCUT2D eigenvalue weighted by Gasteiger charge is 2.31. The van der Waals surface area contributed by atoms with Crippen molar-refractivity contribution >= 4 is 58.0 Å². The maximum atomic E-state index is 12.4. The zero-order valence-electron chi connectivity index (χ0n) is 33.3. The minimum absolute atomic E-state index is 0.0412. The van der Waals surface area contributed by atoms with Gasteiger partial charge in [-0.05, 0) is 59.4 Å². The summed E-state index contributed by atoms with van der Waals surface area (Å²) in [6.07, 6.45) is 1.48. The number of benzene rings is 4. The summed E-state index contributed by atoms with van der Waals surface area (Å²) in [7, 11) is 0. The van der Waals surface area contributed by atoms with Crippen molar-refractivity contribution in [3.05, 3.63) is 201 Å². The Morgan fingerprint density at radius 2 is 0.879 bits per heavy atom. The summed E-state index contributed by atoms with van der Waals surface area (Å²) in [6.45, 7) is 0. The second-order valence-electron chi connectivity index (χ2n) is 14.7. The summed E-state index contributed by atoms with van der Waals surface area (Å²) in [5.74, 6) is -0.615. The molecule has 4 aromatic heterocycles. The predicted octanol–water partition coefficient (Wildman–Crippen LogP) is 4.75. The number of aromatic nitrogens is 10. The van der Waals surface area contributed by atoms with Gasteiger partial charge in [0.1, 0.15) is 0 Å². The lowest BCUT2D eigenvalue weighted by atomic mass is 9.74. The van der Waals surface area contributed by atoms with Crippen LogP contribution in [0, 0.1) is 0 Å². The Morgan fingerprint density at radius 3 is 1.24 bits per heavy atom. The van der Waals surface area contributed by atoms with E-state index in [0.717, 1.165) is 33.3 Å². The van der Waals surface area contributed by atoms with E-state index in [1.54, 1.807) is 12.1 Å². The maximum absolute atomic E-state index is 12.4. The number of hydrogen-bond donors (Lipinski definition) is 6. The van der Waals surface area contributed by atoms with Crippen LogP contribution in [0.4, 0.5) is 11.6 Å². The number of aromatic amines is 4. The van der Waals surface area contributed by atoms with Crippen LogP contribution in [-0.4, -0.2) is 49.9 Å². The monoisotopic (exact) mass is 968 g/mol. The molecule has 0 amide bonds. The average molecular weight is 971 g/mol. The van der Waals surface area contributed by atoms with E-state index in [9.17, 15) is 28.8 Å². The van der Waals surface area contributed by atoms with Crippen LogP contribution in [0.5, 0.6) is 23.3 Å². The summed E-state index contributed by atoms with van der Waals surface area (Å²) in [5.41, 5.74) is 13.0. The highest BCUT2D eigenvalue weighted by molar-refractivity contribution is 6.38. The first-order valence-corrected chi connectivity index (χ1v) is 20.8. The third kappa shape index (κ3) is 8.24. The number of H-pyrrole nitrogens is 4. The molecule has 0 aliphatic heterocycles. The number of ether oxygens (including phenoxy) is 2. The Balaban J connectivity index is 0.000000166. The van der Waals surface area contributed by atoms with Crippen LogP contribution in [0.1, 0.15) is 45.2 Å². The quantitative estimate of drug-likeness (QED) is 0.120. The third-order valence-corrected chi connectivity index (χ3v) is 11.8. The fourth-order valence-electron chi connectivity index (χ4n) is 7.41. The number of nitrogen functional groups attached to an aromatic ring is 2. The van der Waals surface area contributed by atoms with E-state index in [4.69, 9.17) is 67.3 Å². The molecule has 0 saturated heterocycles. The molecule has 0 bridgehead atoms. The molecule has 4 heterocycles. The average Bonchev–Trinajstić information content (AvgIpc) is 3.26. The molecule has 0 radical (unpaired) electrons. The van der Waals surface area contributed by atoms with Crippen molar-refractivity contribution in [3.8, 4) is 34.6 Å². The molecule has 0 unspecified atom stereocenters. The standard InChI is InChI=1S/2C21H14Cl2N6O4/c2*22-14-6-10(29-21(32)25-20(31)18(24)28-29)7-15(23)17(14)33-16-8-13(19(30)27-26-16)12-5-9-3-1-2-4-11(9)12/h2*1-4,6-8,12H,5H2,(H2,24,28)(H,27,30)(H,25,31,32)/t2*12-/m10/s1. The lowest BCUT2D eigenvalue weighted by Gasteiger charge is -2.29. The van der Waals surface area contributed by atoms with Crippen LogP contribution in [0.3, 0.4) is 0 Å². The summed E-state index contributed by atoms with van der Waals surface area (Å²) < 4.78 is 13.2. The van der Waals surface area contributed by atoms with Crippen LogP contribution in [-0.2, 0) is 12.8 Å². The predicted molar refractivity (Wildman–Crippen MR) is 244 cm³/mol. The Labute approximate surface area is 387 Å². The van der Waals surface area contributed by atoms with Gasteiger partial charge in [0.2, 0.25) is 23.4 Å². The molecule has 10 rings (SSSR count). The first-order chi connectivity index (χ1) is 31.6. The summed E-state index contributed by atoms with van der Waals surface area (Å²) in [6, 6.07) is 24.3. The molecule has 2 aliphatic rings. The normalized spacial score (nSPS) is 14.4. The van der Waals surface area contributed by atoms with Gasteiger partial charge in [-0.25, -0.2) is 19.8 Å². The molecule has 0 spiro atoms. The van der Waals surface area contributed by atoms with Gasteiger partial charge in [0.05, 0.1) is 31.5 Å². The molecule has 24 heteroatoms. The van der Waals surface area contributed by atoms with Crippen LogP contribution in [0.15, 0.2) is 114 Å². The number of nitrogens with two attached hydrogens (primary N) is 2. The minimum atomic E-state index is -0.817. The van der Waals surface area contributed by atoms with Crippen molar-refractivity contribution < 1.29 is 9.47 Å². The Hall–Kier alpha value is -7.78. The van der Waals surface area contributed by atoms with Crippen molar-refractivity contribution in [2.24, 2.45) is 0 Å². The second-order valence-corrected chi connectivity index (χ2v) is 16.3. The van der Waals surface area contributed by atoms with Crippen LogP contribution in [0.2, 0.25) is 20.1 Å². The highest BCUT2D eigenvalue weighted by atomic mass is 35.5. The van der Waals surface area contributed by atoms with Gasteiger partial charge >= 0.3 is 11.4 Å². The highest BCUT2D eigenvalue weighted by Crippen LogP contribution is 2.43. The van der Waals surface area contributed by atoms with E-state index in [2.05, 4.69) is 30.6 Å². The largest absolute Gasteiger partial charge is 0.434 e. The SMILES string of the molecule is Nc1nn(-c2cc(Cl)c(Oc3cc([C@@H]4Cc5ccccc54)c(=O)[nH]n3)c(Cl)c2)c(=O)[nH]c1=O.Nc1nn(-c2cc(Cl)c(Oc3cc([C@H]4Cc5ccccc54)c(=O)[nH]n3)c(Cl)c2)c(=O)[nH]c1=O. The molecule has 2 atom stereocenters. The summed E-state index contributed by atoms with van der Waals surface area (Å²) in [5, 5.41) is 20.4. The number of hydrogen-bond acceptors (Lipinski definition) is 14. The number of nitrogens with one attached hydrogen (secondary N) is 4. The van der Waals surface area contributed by atoms with Gasteiger partial charge in [0.25, 0.3) is 22.2 Å².